The summed E-state index contributed by atoms with van der Waals surface area (Å²) in [5, 5.41) is 0. The Bertz CT molecular complexity index is 627. The van der Waals surface area contributed by atoms with E-state index in [0.29, 0.717) is 19.0 Å². The first-order chi connectivity index (χ1) is 12.3. The molecule has 0 fully saturated rings. The minimum absolute atomic E-state index is 0.646. The summed E-state index contributed by atoms with van der Waals surface area (Å²) in [7, 11) is 1.66. The number of ether oxygens (including phenoxy) is 3. The SMILES string of the molecule is CCCCCCOc1cccc(OCCCc2scnc2C)c1OC. The van der Waals surface area contributed by atoms with Crippen LogP contribution < -0.4 is 14.2 Å². The molecule has 5 heteroatoms. The third-order valence-electron chi connectivity index (χ3n) is 4.05. The highest BCUT2D eigenvalue weighted by atomic mass is 32.1. The van der Waals surface area contributed by atoms with Gasteiger partial charge in [0.05, 0.1) is 31.5 Å². The van der Waals surface area contributed by atoms with Gasteiger partial charge in [0.1, 0.15) is 0 Å². The van der Waals surface area contributed by atoms with E-state index in [-0.39, 0.29) is 0 Å². The van der Waals surface area contributed by atoms with Crippen LogP contribution in [0.5, 0.6) is 17.2 Å². The number of aromatic nitrogens is 1. The van der Waals surface area contributed by atoms with E-state index in [1.165, 1.54) is 24.1 Å². The van der Waals surface area contributed by atoms with Crippen molar-refractivity contribution in [3.05, 3.63) is 34.3 Å². The van der Waals surface area contributed by atoms with Gasteiger partial charge in [-0.25, -0.2) is 4.98 Å². The molecule has 0 spiro atoms. The minimum Gasteiger partial charge on any atom is -0.490 e. The molecule has 1 aromatic heterocycles. The van der Waals surface area contributed by atoms with Crippen LogP contribution in [0.1, 0.15) is 49.6 Å². The molecule has 0 radical (unpaired) electrons. The molecular weight excluding hydrogens is 334 g/mol. The van der Waals surface area contributed by atoms with Gasteiger partial charge in [-0.1, -0.05) is 32.3 Å². The van der Waals surface area contributed by atoms with E-state index < -0.39 is 0 Å². The fourth-order valence-electron chi connectivity index (χ4n) is 2.62. The number of nitrogens with zero attached hydrogens (tertiary/aromatic N) is 1. The largest absolute Gasteiger partial charge is 0.490 e. The quantitative estimate of drug-likeness (QED) is 0.471. The fraction of sp³-hybridized carbons (Fsp3) is 0.550. The van der Waals surface area contributed by atoms with Crippen LogP contribution in [0.4, 0.5) is 0 Å². The van der Waals surface area contributed by atoms with Gasteiger partial charge in [-0.3, -0.25) is 0 Å². The maximum atomic E-state index is 5.93. The third kappa shape index (κ3) is 6.24. The van der Waals surface area contributed by atoms with E-state index in [1.54, 1.807) is 18.4 Å². The molecule has 0 atom stereocenters. The predicted molar refractivity (Wildman–Crippen MR) is 103 cm³/mol. The summed E-state index contributed by atoms with van der Waals surface area (Å²) >= 11 is 1.71. The van der Waals surface area contributed by atoms with E-state index >= 15 is 0 Å². The van der Waals surface area contributed by atoms with E-state index in [4.69, 9.17) is 14.2 Å². The number of para-hydroxylation sites is 1. The molecule has 0 aliphatic heterocycles. The molecule has 2 rings (SSSR count). The zero-order chi connectivity index (χ0) is 17.9. The van der Waals surface area contributed by atoms with Crippen LogP contribution in [-0.2, 0) is 6.42 Å². The topological polar surface area (TPSA) is 40.6 Å². The van der Waals surface area contributed by atoms with Crippen molar-refractivity contribution in [2.75, 3.05) is 20.3 Å². The van der Waals surface area contributed by atoms with Gasteiger partial charge in [-0.05, 0) is 38.3 Å². The van der Waals surface area contributed by atoms with Crippen molar-refractivity contribution in [3.63, 3.8) is 0 Å². The van der Waals surface area contributed by atoms with Gasteiger partial charge in [0.15, 0.2) is 11.5 Å². The highest BCUT2D eigenvalue weighted by Gasteiger charge is 2.11. The standard InChI is InChI=1S/C20H29NO3S/c1-4-5-6-7-13-23-17-10-8-11-18(20(17)22-3)24-14-9-12-19-16(2)21-15-25-19/h8,10-11,15H,4-7,9,12-14H2,1-3H3. The van der Waals surface area contributed by atoms with Gasteiger partial charge in [-0.2, -0.15) is 0 Å². The molecule has 0 aliphatic rings. The highest BCUT2D eigenvalue weighted by molar-refractivity contribution is 7.09. The lowest BCUT2D eigenvalue weighted by molar-refractivity contribution is 0.261. The molecule has 1 aromatic carbocycles. The Kier molecular flexibility index (Phi) is 8.60. The van der Waals surface area contributed by atoms with E-state index in [2.05, 4.69) is 18.8 Å². The van der Waals surface area contributed by atoms with Crippen molar-refractivity contribution in [1.29, 1.82) is 0 Å². The predicted octanol–water partition coefficient (Wildman–Crippen LogP) is 5.43. The Morgan fingerprint density at radius 2 is 1.72 bits per heavy atom. The van der Waals surface area contributed by atoms with Gasteiger partial charge >= 0.3 is 0 Å². The maximum absolute atomic E-state index is 5.93. The van der Waals surface area contributed by atoms with Crippen LogP contribution in [-0.4, -0.2) is 25.3 Å². The van der Waals surface area contributed by atoms with Gasteiger partial charge in [0.2, 0.25) is 5.75 Å². The average molecular weight is 364 g/mol. The first-order valence-electron chi connectivity index (χ1n) is 9.07. The molecule has 0 aliphatic carbocycles. The molecule has 0 saturated heterocycles. The Hall–Kier alpha value is -1.75. The number of aryl methyl sites for hydroxylation is 2. The first-order valence-corrected chi connectivity index (χ1v) is 9.95. The zero-order valence-corrected chi connectivity index (χ0v) is 16.4. The third-order valence-corrected chi connectivity index (χ3v) is 5.05. The molecular formula is C20H29NO3S. The van der Waals surface area contributed by atoms with Crippen LogP contribution in [0, 0.1) is 6.92 Å². The van der Waals surface area contributed by atoms with Gasteiger partial charge < -0.3 is 14.2 Å². The van der Waals surface area contributed by atoms with Crippen LogP contribution >= 0.6 is 11.3 Å². The summed E-state index contributed by atoms with van der Waals surface area (Å²) in [6.45, 7) is 5.62. The monoisotopic (exact) mass is 363 g/mol. The van der Waals surface area contributed by atoms with Crippen LogP contribution in [0.15, 0.2) is 23.7 Å². The van der Waals surface area contributed by atoms with Crippen LogP contribution in [0.25, 0.3) is 0 Å². The second kappa shape index (κ2) is 11.0. The number of benzene rings is 1. The number of unbranched alkanes of at least 4 members (excludes halogenated alkanes) is 3. The summed E-state index contributed by atoms with van der Waals surface area (Å²) in [6.07, 6.45) is 6.69. The second-order valence-corrected chi connectivity index (χ2v) is 6.95. The first kappa shape index (κ1) is 19.6. The molecule has 0 bridgehead atoms. The molecule has 1 heterocycles. The minimum atomic E-state index is 0.646. The Morgan fingerprint density at radius 3 is 2.32 bits per heavy atom. The van der Waals surface area contributed by atoms with E-state index in [1.807, 2.05) is 23.7 Å². The van der Waals surface area contributed by atoms with Gasteiger partial charge in [0.25, 0.3) is 0 Å². The molecule has 0 amide bonds. The van der Waals surface area contributed by atoms with Crippen molar-refractivity contribution in [2.45, 2.75) is 52.4 Å². The Balaban J connectivity index is 1.83. The van der Waals surface area contributed by atoms with Gasteiger partial charge in [0, 0.05) is 4.88 Å². The van der Waals surface area contributed by atoms with Crippen LogP contribution in [0.2, 0.25) is 0 Å². The Labute approximate surface area is 155 Å². The molecule has 0 N–H and O–H groups in total. The van der Waals surface area contributed by atoms with Crippen molar-refractivity contribution < 1.29 is 14.2 Å². The normalized spacial score (nSPS) is 10.7. The number of hydrogen-bond donors (Lipinski definition) is 0. The lowest BCUT2D eigenvalue weighted by atomic mass is 10.2. The summed E-state index contributed by atoms with van der Waals surface area (Å²) in [6, 6.07) is 5.82. The maximum Gasteiger partial charge on any atom is 0.203 e. The van der Waals surface area contributed by atoms with Crippen molar-refractivity contribution in [1.82, 2.24) is 4.98 Å². The van der Waals surface area contributed by atoms with E-state index in [9.17, 15) is 0 Å². The van der Waals surface area contributed by atoms with Crippen molar-refractivity contribution >= 4 is 11.3 Å². The lowest BCUT2D eigenvalue weighted by Crippen LogP contribution is -2.03. The van der Waals surface area contributed by atoms with Crippen molar-refractivity contribution in [3.8, 4) is 17.2 Å². The summed E-state index contributed by atoms with van der Waals surface area (Å²) in [4.78, 5) is 5.61. The summed E-state index contributed by atoms with van der Waals surface area (Å²) in [5.41, 5.74) is 3.02. The number of rotatable bonds is 12. The van der Waals surface area contributed by atoms with Crippen molar-refractivity contribution in [2.24, 2.45) is 0 Å². The summed E-state index contributed by atoms with van der Waals surface area (Å²) < 4.78 is 17.3. The average Bonchev–Trinajstić information content (AvgIpc) is 3.03. The second-order valence-electron chi connectivity index (χ2n) is 6.01. The smallest absolute Gasteiger partial charge is 0.203 e. The molecule has 2 aromatic rings. The fourth-order valence-corrected chi connectivity index (χ4v) is 3.44. The zero-order valence-electron chi connectivity index (χ0n) is 15.5. The Morgan fingerprint density at radius 1 is 1.00 bits per heavy atom. The summed E-state index contributed by atoms with van der Waals surface area (Å²) in [5.74, 6) is 2.19. The molecule has 0 saturated carbocycles. The van der Waals surface area contributed by atoms with E-state index in [0.717, 1.165) is 36.5 Å². The van der Waals surface area contributed by atoms with Crippen LogP contribution in [0.3, 0.4) is 0 Å². The molecule has 4 nitrogen and oxygen atoms in total. The number of thiazole rings is 1. The highest BCUT2D eigenvalue weighted by Crippen LogP contribution is 2.37. The molecule has 25 heavy (non-hydrogen) atoms. The van der Waals surface area contributed by atoms with Gasteiger partial charge in [-0.15, -0.1) is 11.3 Å². The molecule has 138 valence electrons. The molecule has 0 unspecified atom stereocenters. The number of hydrogen-bond acceptors (Lipinski definition) is 5. The number of methoxy groups -OCH3 is 1. The lowest BCUT2D eigenvalue weighted by Gasteiger charge is -2.15.